The lowest BCUT2D eigenvalue weighted by Crippen LogP contribution is -1.97. The molecule has 0 atom stereocenters. The zero-order valence-electron chi connectivity index (χ0n) is 17.0. The van der Waals surface area contributed by atoms with Crippen molar-refractivity contribution in [1.82, 2.24) is 9.97 Å². The van der Waals surface area contributed by atoms with Crippen molar-refractivity contribution in [3.8, 4) is 11.8 Å². The van der Waals surface area contributed by atoms with E-state index in [0.717, 1.165) is 37.8 Å². The van der Waals surface area contributed by atoms with Crippen LogP contribution in [0.25, 0.3) is 22.7 Å². The normalized spacial score (nSPS) is 11.5. The fraction of sp³-hybridized carbons (Fsp3) is 0.120. The van der Waals surface area contributed by atoms with E-state index < -0.39 is 0 Å². The van der Waals surface area contributed by atoms with Crippen molar-refractivity contribution in [1.29, 1.82) is 5.26 Å². The van der Waals surface area contributed by atoms with Gasteiger partial charge in [-0.3, -0.25) is 0 Å². The molecule has 1 heterocycles. The van der Waals surface area contributed by atoms with Gasteiger partial charge in [0, 0.05) is 10.0 Å². The zero-order chi connectivity index (χ0) is 22.0. The minimum atomic E-state index is -0.286. The number of aromatic amines is 1. The molecule has 0 radical (unpaired) electrons. The average Bonchev–Trinajstić information content (AvgIpc) is 3.15. The van der Waals surface area contributed by atoms with E-state index in [1.54, 1.807) is 18.2 Å². The van der Waals surface area contributed by atoms with Gasteiger partial charge in [-0.1, -0.05) is 28.1 Å². The largest absolute Gasteiger partial charge is 0.488 e. The molecule has 154 valence electrons. The summed E-state index contributed by atoms with van der Waals surface area (Å²) in [7, 11) is 0. The SMILES string of the molecule is Cc1cc2nc(/C(C#N)=C\c3cc(Br)ccc3OCc3ccc(F)cc3)[nH]c2cc1C. The number of halogens is 2. The number of H-pyrrole nitrogens is 1. The Morgan fingerprint density at radius 2 is 1.87 bits per heavy atom. The molecule has 0 unspecified atom stereocenters. The van der Waals surface area contributed by atoms with Crippen LogP contribution in [0.5, 0.6) is 5.75 Å². The molecule has 1 aromatic heterocycles. The van der Waals surface area contributed by atoms with E-state index in [1.807, 2.05) is 44.2 Å². The Labute approximate surface area is 188 Å². The molecule has 4 nitrogen and oxygen atoms in total. The van der Waals surface area contributed by atoms with Crippen molar-refractivity contribution in [3.63, 3.8) is 0 Å². The van der Waals surface area contributed by atoms with Crippen LogP contribution < -0.4 is 4.74 Å². The van der Waals surface area contributed by atoms with E-state index in [9.17, 15) is 9.65 Å². The number of hydrogen-bond acceptors (Lipinski definition) is 3. The Kier molecular flexibility index (Phi) is 5.88. The van der Waals surface area contributed by atoms with Crippen molar-refractivity contribution < 1.29 is 9.13 Å². The maximum Gasteiger partial charge on any atom is 0.149 e. The summed E-state index contributed by atoms with van der Waals surface area (Å²) in [6.45, 7) is 4.37. The van der Waals surface area contributed by atoms with Gasteiger partial charge < -0.3 is 9.72 Å². The van der Waals surface area contributed by atoms with Crippen LogP contribution in [0, 0.1) is 31.0 Å². The molecule has 6 heteroatoms. The van der Waals surface area contributed by atoms with Crippen molar-refractivity contribution in [2.45, 2.75) is 20.5 Å². The monoisotopic (exact) mass is 475 g/mol. The van der Waals surface area contributed by atoms with Crippen LogP contribution in [0.2, 0.25) is 0 Å². The number of nitrogens with zero attached hydrogens (tertiary/aromatic N) is 2. The summed E-state index contributed by atoms with van der Waals surface area (Å²) in [6.07, 6.45) is 1.75. The number of nitrogens with one attached hydrogen (secondary N) is 1. The van der Waals surface area contributed by atoms with Gasteiger partial charge in [0.25, 0.3) is 0 Å². The Hall–Kier alpha value is -3.43. The van der Waals surface area contributed by atoms with E-state index in [4.69, 9.17) is 4.74 Å². The number of aromatic nitrogens is 2. The van der Waals surface area contributed by atoms with E-state index in [-0.39, 0.29) is 12.4 Å². The number of fused-ring (bicyclic) bond motifs is 1. The van der Waals surface area contributed by atoms with E-state index in [2.05, 4.69) is 32.0 Å². The quantitative estimate of drug-likeness (QED) is 0.325. The first-order valence-corrected chi connectivity index (χ1v) is 10.5. The van der Waals surface area contributed by atoms with Crippen molar-refractivity contribution in [2.24, 2.45) is 0 Å². The number of rotatable bonds is 5. The van der Waals surface area contributed by atoms with Gasteiger partial charge in [-0.25, -0.2) is 9.37 Å². The second-order valence-corrected chi connectivity index (χ2v) is 8.22. The molecule has 3 aromatic carbocycles. The number of nitriles is 1. The number of hydrogen-bond donors (Lipinski definition) is 1. The van der Waals surface area contributed by atoms with Crippen molar-refractivity contribution >= 4 is 38.6 Å². The molecule has 0 aliphatic rings. The molecule has 0 saturated heterocycles. The number of aryl methyl sites for hydroxylation is 2. The third kappa shape index (κ3) is 4.68. The minimum absolute atomic E-state index is 0.286. The third-order valence-corrected chi connectivity index (χ3v) is 5.55. The zero-order valence-corrected chi connectivity index (χ0v) is 18.6. The average molecular weight is 476 g/mol. The Morgan fingerprint density at radius 3 is 2.61 bits per heavy atom. The van der Waals surface area contributed by atoms with Gasteiger partial charge in [0.2, 0.25) is 0 Å². The molecule has 0 bridgehead atoms. The van der Waals surface area contributed by atoms with Gasteiger partial charge in [0.05, 0.1) is 16.6 Å². The predicted molar refractivity (Wildman–Crippen MR) is 124 cm³/mol. The van der Waals surface area contributed by atoms with E-state index in [1.165, 1.54) is 12.1 Å². The molecule has 4 aromatic rings. The molecule has 31 heavy (non-hydrogen) atoms. The fourth-order valence-corrected chi connectivity index (χ4v) is 3.59. The minimum Gasteiger partial charge on any atom is -0.488 e. The molecule has 0 saturated carbocycles. The smallest absolute Gasteiger partial charge is 0.149 e. The lowest BCUT2D eigenvalue weighted by molar-refractivity contribution is 0.305. The van der Waals surface area contributed by atoms with E-state index in [0.29, 0.717) is 17.1 Å². The van der Waals surface area contributed by atoms with Crippen LogP contribution in [0.4, 0.5) is 4.39 Å². The van der Waals surface area contributed by atoms with Crippen LogP contribution in [-0.4, -0.2) is 9.97 Å². The summed E-state index contributed by atoms with van der Waals surface area (Å²) in [6, 6.07) is 18.0. The molecule has 0 spiro atoms. The molecule has 0 fully saturated rings. The Bertz CT molecular complexity index is 1290. The highest BCUT2D eigenvalue weighted by atomic mass is 79.9. The maximum atomic E-state index is 13.1. The van der Waals surface area contributed by atoms with Gasteiger partial charge in [-0.2, -0.15) is 5.26 Å². The van der Waals surface area contributed by atoms with Gasteiger partial charge in [-0.05, 0) is 79.1 Å². The number of imidazole rings is 1. The fourth-order valence-electron chi connectivity index (χ4n) is 3.21. The highest BCUT2D eigenvalue weighted by molar-refractivity contribution is 9.10. The summed E-state index contributed by atoms with van der Waals surface area (Å²) < 4.78 is 20.0. The lowest BCUT2D eigenvalue weighted by Gasteiger charge is -2.10. The topological polar surface area (TPSA) is 61.7 Å². The highest BCUT2D eigenvalue weighted by Gasteiger charge is 2.12. The summed E-state index contributed by atoms with van der Waals surface area (Å²) in [5.41, 5.74) is 6.01. The molecule has 0 aliphatic heterocycles. The first-order chi connectivity index (χ1) is 14.9. The first kappa shape index (κ1) is 20.8. The second-order valence-electron chi connectivity index (χ2n) is 7.31. The van der Waals surface area contributed by atoms with Crippen molar-refractivity contribution in [3.05, 3.63) is 93.0 Å². The third-order valence-electron chi connectivity index (χ3n) is 5.05. The predicted octanol–water partition coefficient (Wildman–Crippen LogP) is 6.72. The number of ether oxygens (including phenoxy) is 1. The maximum absolute atomic E-state index is 13.1. The summed E-state index contributed by atoms with van der Waals surface area (Å²) in [5, 5.41) is 9.80. The molecule has 0 amide bonds. The molecular formula is C25H19BrFN3O. The van der Waals surface area contributed by atoms with Gasteiger partial charge >= 0.3 is 0 Å². The number of allylic oxidation sites excluding steroid dienone is 1. The summed E-state index contributed by atoms with van der Waals surface area (Å²) in [4.78, 5) is 7.84. The first-order valence-electron chi connectivity index (χ1n) is 9.69. The van der Waals surface area contributed by atoms with Crippen LogP contribution >= 0.6 is 15.9 Å². The van der Waals surface area contributed by atoms with Gasteiger partial charge in [0.1, 0.15) is 30.1 Å². The van der Waals surface area contributed by atoms with Gasteiger partial charge in [-0.15, -0.1) is 0 Å². The standard InChI is InChI=1S/C25H19BrFN3O/c1-15-9-22-23(10-16(15)2)30-25(29-22)19(13-28)11-18-12-20(26)5-8-24(18)31-14-17-3-6-21(27)7-4-17/h3-12H,14H2,1-2H3,(H,29,30)/b19-11-. The van der Waals surface area contributed by atoms with Crippen LogP contribution in [0.1, 0.15) is 28.1 Å². The van der Waals surface area contributed by atoms with Crippen molar-refractivity contribution in [2.75, 3.05) is 0 Å². The van der Waals surface area contributed by atoms with Gasteiger partial charge in [0.15, 0.2) is 0 Å². The molecular weight excluding hydrogens is 457 g/mol. The Balaban J connectivity index is 1.68. The molecule has 1 N–H and O–H groups in total. The summed E-state index contributed by atoms with van der Waals surface area (Å²) >= 11 is 3.48. The highest BCUT2D eigenvalue weighted by Crippen LogP contribution is 2.29. The Morgan fingerprint density at radius 1 is 1.13 bits per heavy atom. The molecule has 0 aliphatic carbocycles. The molecule has 4 rings (SSSR count). The van der Waals surface area contributed by atoms with Crippen LogP contribution in [0.3, 0.4) is 0 Å². The number of benzene rings is 3. The second kappa shape index (κ2) is 8.75. The van der Waals surface area contributed by atoms with Crippen LogP contribution in [0.15, 0.2) is 59.1 Å². The summed E-state index contributed by atoms with van der Waals surface area (Å²) in [5.74, 6) is 0.834. The van der Waals surface area contributed by atoms with E-state index >= 15 is 0 Å². The lowest BCUT2D eigenvalue weighted by atomic mass is 10.1. The van der Waals surface area contributed by atoms with Crippen LogP contribution in [-0.2, 0) is 6.61 Å².